The number of pyridine rings is 2. The standard InChI is InChI=1S/C32H46N6O4/c1-3-5-11-23-15-17-25(35-21-23)29(39)33-19-9-7-13-27-31(41)38-28(32(42)37-27)14-8-10-20-34-30(40)26-18-16-24(22-36-26)12-6-4-2/h15-18,21-22,27-28H,3-14,19-20H2,1-2H3,(H,33,39)(H,34,40)(H,37,42)(H,38,41). The van der Waals surface area contributed by atoms with Gasteiger partial charge in [-0.2, -0.15) is 0 Å². The van der Waals surface area contributed by atoms with E-state index in [0.717, 1.165) is 49.7 Å². The summed E-state index contributed by atoms with van der Waals surface area (Å²) < 4.78 is 0. The Hall–Kier alpha value is -3.82. The van der Waals surface area contributed by atoms with Crippen LogP contribution in [0.5, 0.6) is 0 Å². The fraction of sp³-hybridized carbons (Fsp3) is 0.562. The van der Waals surface area contributed by atoms with E-state index in [1.54, 1.807) is 24.5 Å². The van der Waals surface area contributed by atoms with Crippen LogP contribution < -0.4 is 21.3 Å². The zero-order chi connectivity index (χ0) is 30.2. The number of aromatic nitrogens is 2. The van der Waals surface area contributed by atoms with E-state index < -0.39 is 12.1 Å². The minimum Gasteiger partial charge on any atom is -0.351 e. The first-order valence-electron chi connectivity index (χ1n) is 15.5. The van der Waals surface area contributed by atoms with Crippen molar-refractivity contribution in [2.75, 3.05) is 13.1 Å². The molecule has 2 aromatic heterocycles. The summed E-state index contributed by atoms with van der Waals surface area (Å²) in [5.74, 6) is -0.789. The molecule has 10 nitrogen and oxygen atoms in total. The second-order valence-electron chi connectivity index (χ2n) is 10.9. The molecule has 3 heterocycles. The third-order valence-corrected chi connectivity index (χ3v) is 7.43. The maximum Gasteiger partial charge on any atom is 0.269 e. The van der Waals surface area contributed by atoms with Crippen LogP contribution in [0.2, 0.25) is 0 Å². The molecule has 0 bridgehead atoms. The highest BCUT2D eigenvalue weighted by atomic mass is 16.2. The highest BCUT2D eigenvalue weighted by Gasteiger charge is 2.32. The van der Waals surface area contributed by atoms with Gasteiger partial charge in [-0.05, 0) is 87.5 Å². The van der Waals surface area contributed by atoms with E-state index in [2.05, 4.69) is 45.1 Å². The number of unbranched alkanes of at least 4 members (excludes halogenated alkanes) is 4. The number of rotatable bonds is 18. The second-order valence-corrected chi connectivity index (χ2v) is 10.9. The lowest BCUT2D eigenvalue weighted by molar-refractivity contribution is -0.137. The summed E-state index contributed by atoms with van der Waals surface area (Å²) in [4.78, 5) is 58.2. The summed E-state index contributed by atoms with van der Waals surface area (Å²) >= 11 is 0. The third-order valence-electron chi connectivity index (χ3n) is 7.43. The van der Waals surface area contributed by atoms with Gasteiger partial charge in [-0.3, -0.25) is 29.1 Å². The van der Waals surface area contributed by atoms with Crippen LogP contribution in [0, 0.1) is 0 Å². The minimum absolute atomic E-state index is 0.183. The second kappa shape index (κ2) is 17.9. The first-order chi connectivity index (χ1) is 20.4. The van der Waals surface area contributed by atoms with Crippen LogP contribution in [0.3, 0.4) is 0 Å². The summed E-state index contributed by atoms with van der Waals surface area (Å²) in [5, 5.41) is 11.4. The number of nitrogens with zero attached hydrogens (tertiary/aromatic N) is 2. The van der Waals surface area contributed by atoms with Crippen molar-refractivity contribution < 1.29 is 19.2 Å². The van der Waals surface area contributed by atoms with Gasteiger partial charge in [0.1, 0.15) is 23.5 Å². The third kappa shape index (κ3) is 10.9. The molecule has 10 heteroatoms. The van der Waals surface area contributed by atoms with E-state index >= 15 is 0 Å². The topological polar surface area (TPSA) is 142 Å². The monoisotopic (exact) mass is 578 g/mol. The Balaban J connectivity index is 1.26. The average molecular weight is 579 g/mol. The van der Waals surface area contributed by atoms with Crippen LogP contribution in [0.4, 0.5) is 0 Å². The van der Waals surface area contributed by atoms with Gasteiger partial charge in [-0.25, -0.2) is 0 Å². The van der Waals surface area contributed by atoms with Crippen molar-refractivity contribution in [2.24, 2.45) is 0 Å². The summed E-state index contributed by atoms with van der Waals surface area (Å²) in [7, 11) is 0. The van der Waals surface area contributed by atoms with Gasteiger partial charge in [-0.15, -0.1) is 0 Å². The van der Waals surface area contributed by atoms with E-state index in [-0.39, 0.29) is 23.6 Å². The molecule has 0 spiro atoms. The number of carbonyl (C=O) groups excluding carboxylic acids is 4. The maximum absolute atomic E-state index is 12.5. The fourth-order valence-electron chi connectivity index (χ4n) is 4.79. The number of hydrogen-bond donors (Lipinski definition) is 4. The minimum atomic E-state index is -0.568. The molecule has 2 unspecified atom stereocenters. The van der Waals surface area contributed by atoms with Crippen molar-refractivity contribution >= 4 is 23.6 Å². The summed E-state index contributed by atoms with van der Waals surface area (Å²) in [6.07, 6.45) is 13.6. The van der Waals surface area contributed by atoms with Gasteiger partial charge in [0.25, 0.3) is 11.8 Å². The number of piperazine rings is 1. The van der Waals surface area contributed by atoms with Gasteiger partial charge in [0.2, 0.25) is 11.8 Å². The molecular weight excluding hydrogens is 532 g/mol. The van der Waals surface area contributed by atoms with Crippen LogP contribution in [-0.2, 0) is 22.4 Å². The zero-order valence-corrected chi connectivity index (χ0v) is 25.0. The predicted octanol–water partition coefficient (Wildman–Crippen LogP) is 3.65. The Kier molecular flexibility index (Phi) is 13.9. The first-order valence-corrected chi connectivity index (χ1v) is 15.5. The van der Waals surface area contributed by atoms with Crippen molar-refractivity contribution in [2.45, 2.75) is 103 Å². The Labute approximate surface area is 249 Å². The molecule has 1 aliphatic heterocycles. The van der Waals surface area contributed by atoms with E-state index in [1.807, 2.05) is 12.1 Å². The molecule has 1 saturated heterocycles. The molecule has 0 aromatic carbocycles. The highest BCUT2D eigenvalue weighted by Crippen LogP contribution is 2.11. The van der Waals surface area contributed by atoms with Gasteiger partial charge in [0.15, 0.2) is 0 Å². The van der Waals surface area contributed by atoms with Crippen molar-refractivity contribution in [1.82, 2.24) is 31.2 Å². The Bertz CT molecular complexity index is 1060. The van der Waals surface area contributed by atoms with Crippen molar-refractivity contribution in [3.05, 3.63) is 59.2 Å². The molecular formula is C32H46N6O4. The van der Waals surface area contributed by atoms with Crippen molar-refractivity contribution in [1.29, 1.82) is 0 Å². The molecule has 228 valence electrons. The molecule has 2 aromatic rings. The number of aryl methyl sites for hydroxylation is 2. The van der Waals surface area contributed by atoms with Gasteiger partial charge in [0, 0.05) is 25.5 Å². The SMILES string of the molecule is CCCCc1ccc(C(=O)NCCCCC2NC(=O)C(CCCCNC(=O)c3ccc(CCCC)cn3)NC2=O)nc1. The number of nitrogens with one attached hydrogen (secondary N) is 4. The summed E-state index contributed by atoms with van der Waals surface area (Å²) in [5.41, 5.74) is 3.05. The Morgan fingerprint density at radius 3 is 1.45 bits per heavy atom. The van der Waals surface area contributed by atoms with Gasteiger partial charge >= 0.3 is 0 Å². The van der Waals surface area contributed by atoms with Crippen LogP contribution in [0.1, 0.15) is 110 Å². The molecule has 0 aliphatic carbocycles. The number of carbonyl (C=O) groups is 4. The van der Waals surface area contributed by atoms with E-state index in [1.165, 1.54) is 0 Å². The van der Waals surface area contributed by atoms with Gasteiger partial charge < -0.3 is 21.3 Å². The lowest BCUT2D eigenvalue weighted by Crippen LogP contribution is -2.61. The predicted molar refractivity (Wildman–Crippen MR) is 162 cm³/mol. The van der Waals surface area contributed by atoms with Gasteiger partial charge in [-0.1, -0.05) is 38.8 Å². The molecule has 4 N–H and O–H groups in total. The lowest BCUT2D eigenvalue weighted by Gasteiger charge is -2.29. The van der Waals surface area contributed by atoms with Crippen LogP contribution in [0.25, 0.3) is 0 Å². The quantitative estimate of drug-likeness (QED) is 0.199. The number of hydrogen-bond acceptors (Lipinski definition) is 6. The average Bonchev–Trinajstić information content (AvgIpc) is 3.00. The molecule has 1 fully saturated rings. The number of amides is 4. The van der Waals surface area contributed by atoms with E-state index in [9.17, 15) is 19.2 Å². The summed E-state index contributed by atoms with van der Waals surface area (Å²) in [6.45, 7) is 5.23. The van der Waals surface area contributed by atoms with Gasteiger partial charge in [0.05, 0.1) is 0 Å². The molecule has 4 amide bonds. The van der Waals surface area contributed by atoms with Crippen LogP contribution >= 0.6 is 0 Å². The Morgan fingerprint density at radius 2 is 1.10 bits per heavy atom. The smallest absolute Gasteiger partial charge is 0.269 e. The zero-order valence-electron chi connectivity index (χ0n) is 25.0. The summed E-state index contributed by atoms with van der Waals surface area (Å²) in [6, 6.07) is 6.25. The van der Waals surface area contributed by atoms with Crippen molar-refractivity contribution in [3.8, 4) is 0 Å². The maximum atomic E-state index is 12.5. The highest BCUT2D eigenvalue weighted by molar-refractivity contribution is 5.97. The molecule has 1 aliphatic rings. The lowest BCUT2D eigenvalue weighted by atomic mass is 10.0. The largest absolute Gasteiger partial charge is 0.351 e. The normalized spacial score (nSPS) is 16.4. The molecule has 3 rings (SSSR count). The van der Waals surface area contributed by atoms with Crippen LogP contribution in [0.15, 0.2) is 36.7 Å². The molecule has 42 heavy (non-hydrogen) atoms. The molecule has 0 saturated carbocycles. The Morgan fingerprint density at radius 1 is 0.667 bits per heavy atom. The van der Waals surface area contributed by atoms with Crippen LogP contribution in [-0.4, -0.2) is 58.8 Å². The molecule has 2 atom stereocenters. The molecule has 0 radical (unpaired) electrons. The fourth-order valence-corrected chi connectivity index (χ4v) is 4.79. The van der Waals surface area contributed by atoms with E-state index in [4.69, 9.17) is 0 Å². The van der Waals surface area contributed by atoms with E-state index in [0.29, 0.717) is 63.0 Å². The van der Waals surface area contributed by atoms with Crippen molar-refractivity contribution in [3.63, 3.8) is 0 Å². The first kappa shape index (κ1) is 32.7.